The van der Waals surface area contributed by atoms with E-state index in [0.29, 0.717) is 5.56 Å². The summed E-state index contributed by atoms with van der Waals surface area (Å²) >= 11 is 0. The van der Waals surface area contributed by atoms with Gasteiger partial charge in [0.15, 0.2) is 0 Å². The average Bonchev–Trinajstić information content (AvgIpc) is 2.42. The van der Waals surface area contributed by atoms with Crippen LogP contribution in [0.5, 0.6) is 0 Å². The Kier molecular flexibility index (Phi) is 4.58. The van der Waals surface area contributed by atoms with E-state index in [1.165, 1.54) is 0 Å². The number of pyridine rings is 1. The predicted molar refractivity (Wildman–Crippen MR) is 87.0 cm³/mol. The van der Waals surface area contributed by atoms with Crippen molar-refractivity contribution in [3.63, 3.8) is 0 Å². The number of carbonyl (C=O) groups excluding carboxylic acids is 1. The van der Waals surface area contributed by atoms with Crippen LogP contribution in [0.15, 0.2) is 30.3 Å². The smallest absolute Gasteiger partial charge is 0.255 e. The lowest BCUT2D eigenvalue weighted by Gasteiger charge is -2.11. The van der Waals surface area contributed by atoms with Crippen molar-refractivity contribution < 1.29 is 4.79 Å². The molecule has 1 aromatic heterocycles. The standard InChI is InChI=1S/C17H21N3O/c1-5-18-16-10-14(9-13(4)19-16)17(21)20-15-8-11(2)6-7-12(15)3/h6-10H,5H2,1-4H3,(H,18,19)(H,20,21). The van der Waals surface area contributed by atoms with Crippen molar-refractivity contribution in [2.45, 2.75) is 27.7 Å². The van der Waals surface area contributed by atoms with Gasteiger partial charge in [-0.3, -0.25) is 4.79 Å². The summed E-state index contributed by atoms with van der Waals surface area (Å²) in [5.41, 5.74) is 4.44. The molecule has 0 aliphatic rings. The Morgan fingerprint density at radius 3 is 2.62 bits per heavy atom. The lowest BCUT2D eigenvalue weighted by molar-refractivity contribution is 0.102. The number of hydrogen-bond donors (Lipinski definition) is 2. The first-order valence-corrected chi connectivity index (χ1v) is 7.10. The molecule has 2 N–H and O–H groups in total. The molecule has 1 heterocycles. The zero-order chi connectivity index (χ0) is 15.4. The lowest BCUT2D eigenvalue weighted by atomic mass is 10.1. The summed E-state index contributed by atoms with van der Waals surface area (Å²) in [6.07, 6.45) is 0. The first-order valence-electron chi connectivity index (χ1n) is 7.10. The quantitative estimate of drug-likeness (QED) is 0.899. The van der Waals surface area contributed by atoms with Crippen LogP contribution in [-0.2, 0) is 0 Å². The minimum absolute atomic E-state index is 0.117. The highest BCUT2D eigenvalue weighted by Crippen LogP contribution is 2.18. The summed E-state index contributed by atoms with van der Waals surface area (Å²) in [5.74, 6) is 0.608. The zero-order valence-electron chi connectivity index (χ0n) is 12.9. The minimum Gasteiger partial charge on any atom is -0.370 e. The summed E-state index contributed by atoms with van der Waals surface area (Å²) in [5, 5.41) is 6.11. The molecule has 1 amide bonds. The molecule has 1 aromatic carbocycles. The third kappa shape index (κ3) is 3.81. The molecule has 0 saturated heterocycles. The maximum absolute atomic E-state index is 12.4. The third-order valence-electron chi connectivity index (χ3n) is 3.21. The number of aryl methyl sites for hydroxylation is 3. The van der Waals surface area contributed by atoms with Crippen LogP contribution in [0, 0.1) is 20.8 Å². The fraction of sp³-hybridized carbons (Fsp3) is 0.294. The van der Waals surface area contributed by atoms with Gasteiger partial charge >= 0.3 is 0 Å². The van der Waals surface area contributed by atoms with Gasteiger partial charge in [0.2, 0.25) is 0 Å². The maximum Gasteiger partial charge on any atom is 0.255 e. The molecule has 0 aliphatic carbocycles. The average molecular weight is 283 g/mol. The first kappa shape index (κ1) is 15.0. The Morgan fingerprint density at radius 1 is 1.14 bits per heavy atom. The number of nitrogens with one attached hydrogen (secondary N) is 2. The number of nitrogens with zero attached hydrogens (tertiary/aromatic N) is 1. The summed E-state index contributed by atoms with van der Waals surface area (Å²) in [6.45, 7) is 8.65. The molecule has 0 radical (unpaired) electrons. The molecule has 110 valence electrons. The van der Waals surface area contributed by atoms with Crippen molar-refractivity contribution in [2.24, 2.45) is 0 Å². The van der Waals surface area contributed by atoms with E-state index in [2.05, 4.69) is 15.6 Å². The second-order valence-electron chi connectivity index (χ2n) is 5.19. The molecular formula is C17H21N3O. The number of carbonyl (C=O) groups is 1. The summed E-state index contributed by atoms with van der Waals surface area (Å²) in [7, 11) is 0. The van der Waals surface area contributed by atoms with Crippen LogP contribution in [0.25, 0.3) is 0 Å². The molecule has 4 heteroatoms. The molecule has 0 unspecified atom stereocenters. The Morgan fingerprint density at radius 2 is 1.90 bits per heavy atom. The maximum atomic E-state index is 12.4. The van der Waals surface area contributed by atoms with Crippen LogP contribution >= 0.6 is 0 Å². The van der Waals surface area contributed by atoms with E-state index in [4.69, 9.17) is 0 Å². The van der Waals surface area contributed by atoms with Crippen LogP contribution in [0.1, 0.15) is 34.1 Å². The zero-order valence-corrected chi connectivity index (χ0v) is 12.9. The van der Waals surface area contributed by atoms with E-state index in [0.717, 1.165) is 34.9 Å². The molecule has 4 nitrogen and oxygen atoms in total. The molecule has 2 rings (SSSR count). The molecule has 0 bridgehead atoms. The van der Waals surface area contributed by atoms with Crippen molar-refractivity contribution in [3.05, 3.63) is 52.7 Å². The molecule has 0 saturated carbocycles. The Balaban J connectivity index is 2.25. The van der Waals surface area contributed by atoms with Crippen molar-refractivity contribution in [1.29, 1.82) is 0 Å². The molecule has 0 aliphatic heterocycles. The van der Waals surface area contributed by atoms with Gasteiger partial charge in [-0.15, -0.1) is 0 Å². The first-order chi connectivity index (χ1) is 9.99. The van der Waals surface area contributed by atoms with E-state index >= 15 is 0 Å². The van der Waals surface area contributed by atoms with Crippen LogP contribution < -0.4 is 10.6 Å². The largest absolute Gasteiger partial charge is 0.370 e. The Bertz CT molecular complexity index is 665. The van der Waals surface area contributed by atoms with Crippen molar-refractivity contribution in [2.75, 3.05) is 17.2 Å². The van der Waals surface area contributed by atoms with Gasteiger partial charge in [-0.25, -0.2) is 4.98 Å². The highest BCUT2D eigenvalue weighted by Gasteiger charge is 2.10. The summed E-state index contributed by atoms with van der Waals surface area (Å²) < 4.78 is 0. The summed E-state index contributed by atoms with van der Waals surface area (Å²) in [4.78, 5) is 16.8. The molecule has 21 heavy (non-hydrogen) atoms. The van der Waals surface area contributed by atoms with E-state index < -0.39 is 0 Å². The van der Waals surface area contributed by atoms with E-state index in [9.17, 15) is 4.79 Å². The molecule has 2 aromatic rings. The van der Waals surface area contributed by atoms with E-state index in [1.54, 1.807) is 12.1 Å². The van der Waals surface area contributed by atoms with Gasteiger partial charge in [0.25, 0.3) is 5.91 Å². The Labute approximate surface area is 125 Å². The second kappa shape index (κ2) is 6.39. The van der Waals surface area contributed by atoms with Gasteiger partial charge in [0.05, 0.1) is 0 Å². The highest BCUT2D eigenvalue weighted by molar-refractivity contribution is 6.05. The fourth-order valence-corrected chi connectivity index (χ4v) is 2.14. The van der Waals surface area contributed by atoms with Crippen molar-refractivity contribution >= 4 is 17.4 Å². The van der Waals surface area contributed by atoms with Gasteiger partial charge < -0.3 is 10.6 Å². The highest BCUT2D eigenvalue weighted by atomic mass is 16.1. The Hall–Kier alpha value is -2.36. The number of aromatic nitrogens is 1. The van der Waals surface area contributed by atoms with Gasteiger partial charge in [0, 0.05) is 23.5 Å². The SMILES string of the molecule is CCNc1cc(C(=O)Nc2cc(C)ccc2C)cc(C)n1. The number of amides is 1. The topological polar surface area (TPSA) is 54.0 Å². The molecule has 0 spiro atoms. The second-order valence-corrected chi connectivity index (χ2v) is 5.19. The lowest BCUT2D eigenvalue weighted by Crippen LogP contribution is -2.14. The number of rotatable bonds is 4. The van der Waals surface area contributed by atoms with Gasteiger partial charge in [-0.05, 0) is 57.0 Å². The van der Waals surface area contributed by atoms with Crippen LogP contribution in [0.3, 0.4) is 0 Å². The molecule has 0 atom stereocenters. The van der Waals surface area contributed by atoms with Crippen LogP contribution in [-0.4, -0.2) is 17.4 Å². The van der Waals surface area contributed by atoms with E-state index in [-0.39, 0.29) is 5.91 Å². The van der Waals surface area contributed by atoms with Gasteiger partial charge in [-0.1, -0.05) is 12.1 Å². The fourth-order valence-electron chi connectivity index (χ4n) is 2.14. The van der Waals surface area contributed by atoms with Crippen molar-refractivity contribution in [3.8, 4) is 0 Å². The third-order valence-corrected chi connectivity index (χ3v) is 3.21. The number of benzene rings is 1. The normalized spacial score (nSPS) is 10.3. The van der Waals surface area contributed by atoms with Crippen LogP contribution in [0.2, 0.25) is 0 Å². The molecular weight excluding hydrogens is 262 g/mol. The predicted octanol–water partition coefficient (Wildman–Crippen LogP) is 3.69. The van der Waals surface area contributed by atoms with E-state index in [1.807, 2.05) is 45.9 Å². The monoisotopic (exact) mass is 283 g/mol. The van der Waals surface area contributed by atoms with Gasteiger partial charge in [-0.2, -0.15) is 0 Å². The van der Waals surface area contributed by atoms with Gasteiger partial charge in [0.1, 0.15) is 5.82 Å². The van der Waals surface area contributed by atoms with Crippen molar-refractivity contribution in [1.82, 2.24) is 4.98 Å². The number of hydrogen-bond acceptors (Lipinski definition) is 3. The van der Waals surface area contributed by atoms with Crippen LogP contribution in [0.4, 0.5) is 11.5 Å². The minimum atomic E-state index is -0.117. The molecule has 0 fully saturated rings. The number of anilines is 2. The summed E-state index contributed by atoms with van der Waals surface area (Å²) in [6, 6.07) is 9.59.